The third kappa shape index (κ3) is 2.12. The summed E-state index contributed by atoms with van der Waals surface area (Å²) in [4.78, 5) is 0. The average Bonchev–Trinajstić information content (AvgIpc) is 2.47. The van der Waals surface area contributed by atoms with Gasteiger partial charge in [0, 0.05) is 5.75 Å². The Kier molecular flexibility index (Phi) is 2.92. The van der Waals surface area contributed by atoms with E-state index in [-0.39, 0.29) is 0 Å². The van der Waals surface area contributed by atoms with Gasteiger partial charge in [-0.3, -0.25) is 0 Å². The van der Waals surface area contributed by atoms with Gasteiger partial charge in [-0.1, -0.05) is 22.1 Å². The second-order valence-electron chi connectivity index (χ2n) is 2.05. The third-order valence-electron chi connectivity index (χ3n) is 1.23. The molecule has 6 nitrogen and oxygen atoms in total. The molecule has 1 aromatic heterocycles. The highest BCUT2D eigenvalue weighted by atomic mass is 32.2. The van der Waals surface area contributed by atoms with Crippen LogP contribution in [-0.2, 0) is 5.75 Å². The van der Waals surface area contributed by atoms with Crippen molar-refractivity contribution in [3.8, 4) is 0 Å². The number of aryl methyl sites for hydroxylation is 1. The Morgan fingerprint density at radius 1 is 1.67 bits per heavy atom. The van der Waals surface area contributed by atoms with Gasteiger partial charge in [0.05, 0.1) is 0 Å². The number of hydrazone groups is 1. The summed E-state index contributed by atoms with van der Waals surface area (Å²) in [7, 11) is 0. The van der Waals surface area contributed by atoms with E-state index in [0.717, 1.165) is 11.4 Å². The largest absolute Gasteiger partial charge is 0.377 e. The Balaban J connectivity index is 2.49. The van der Waals surface area contributed by atoms with Gasteiger partial charge in [0.1, 0.15) is 11.4 Å². The summed E-state index contributed by atoms with van der Waals surface area (Å²) in [6.45, 7) is 1.81. The van der Waals surface area contributed by atoms with Crippen molar-refractivity contribution < 1.29 is 4.63 Å². The average molecular weight is 187 g/mol. The van der Waals surface area contributed by atoms with Crippen LogP contribution in [0.1, 0.15) is 11.4 Å². The molecule has 1 aromatic rings. The summed E-state index contributed by atoms with van der Waals surface area (Å²) in [6.07, 6.45) is 0. The molecule has 0 aromatic carbocycles. The van der Waals surface area contributed by atoms with E-state index in [1.807, 2.05) is 6.92 Å². The first-order valence-corrected chi connectivity index (χ1v) is 4.16. The van der Waals surface area contributed by atoms with Gasteiger partial charge in [0.25, 0.3) is 0 Å². The van der Waals surface area contributed by atoms with Gasteiger partial charge in [0.15, 0.2) is 5.17 Å². The zero-order chi connectivity index (χ0) is 8.97. The number of hydrogen-bond acceptors (Lipinski definition) is 6. The van der Waals surface area contributed by atoms with E-state index >= 15 is 0 Å². The highest BCUT2D eigenvalue weighted by molar-refractivity contribution is 8.13. The van der Waals surface area contributed by atoms with Crippen LogP contribution >= 0.6 is 11.8 Å². The van der Waals surface area contributed by atoms with Gasteiger partial charge in [-0.15, -0.1) is 0 Å². The summed E-state index contributed by atoms with van der Waals surface area (Å²) in [5.74, 6) is 5.50. The lowest BCUT2D eigenvalue weighted by Crippen LogP contribution is -2.09. The van der Waals surface area contributed by atoms with E-state index in [0.29, 0.717) is 10.9 Å². The first-order valence-electron chi connectivity index (χ1n) is 3.18. The summed E-state index contributed by atoms with van der Waals surface area (Å²) in [5, 5.41) is 10.9. The Bertz CT molecular complexity index is 283. The molecule has 0 aliphatic rings. The second kappa shape index (κ2) is 3.96. The van der Waals surface area contributed by atoms with Crippen LogP contribution in [-0.4, -0.2) is 15.5 Å². The minimum absolute atomic E-state index is 0.317. The minimum atomic E-state index is 0.317. The van der Waals surface area contributed by atoms with Crippen LogP contribution in [0, 0.1) is 6.92 Å². The van der Waals surface area contributed by atoms with Crippen LogP contribution in [0.2, 0.25) is 0 Å². The number of amidine groups is 1. The molecule has 0 bridgehead atoms. The van der Waals surface area contributed by atoms with Crippen molar-refractivity contribution in [1.29, 1.82) is 0 Å². The SMILES string of the molecule is Cc1nonc1CS/C(N)=N/N. The van der Waals surface area contributed by atoms with Crippen molar-refractivity contribution in [3.63, 3.8) is 0 Å². The molecular weight excluding hydrogens is 178 g/mol. The zero-order valence-corrected chi connectivity index (χ0v) is 7.34. The van der Waals surface area contributed by atoms with Crippen molar-refractivity contribution in [1.82, 2.24) is 10.3 Å². The predicted molar refractivity (Wildman–Crippen MR) is 46.1 cm³/mol. The minimum Gasteiger partial charge on any atom is -0.377 e. The van der Waals surface area contributed by atoms with E-state index in [9.17, 15) is 0 Å². The Labute approximate surface area is 73.3 Å². The Morgan fingerprint density at radius 3 is 2.92 bits per heavy atom. The van der Waals surface area contributed by atoms with Crippen molar-refractivity contribution in [3.05, 3.63) is 11.4 Å². The lowest BCUT2D eigenvalue weighted by atomic mass is 10.4. The molecule has 1 rings (SSSR count). The molecule has 0 atom stereocenters. The highest BCUT2D eigenvalue weighted by Gasteiger charge is 2.05. The fourth-order valence-electron chi connectivity index (χ4n) is 0.560. The zero-order valence-electron chi connectivity index (χ0n) is 6.52. The van der Waals surface area contributed by atoms with E-state index in [1.54, 1.807) is 0 Å². The molecule has 0 aliphatic heterocycles. The lowest BCUT2D eigenvalue weighted by molar-refractivity contribution is 0.302. The molecule has 0 amide bonds. The van der Waals surface area contributed by atoms with Crippen molar-refractivity contribution in [2.75, 3.05) is 0 Å². The number of thioether (sulfide) groups is 1. The van der Waals surface area contributed by atoms with E-state index in [2.05, 4.69) is 20.0 Å². The molecule has 0 saturated carbocycles. The molecule has 12 heavy (non-hydrogen) atoms. The van der Waals surface area contributed by atoms with Gasteiger partial charge in [0.2, 0.25) is 0 Å². The third-order valence-corrected chi connectivity index (χ3v) is 2.05. The number of aromatic nitrogens is 2. The van der Waals surface area contributed by atoms with Crippen molar-refractivity contribution >= 4 is 16.9 Å². The lowest BCUT2D eigenvalue weighted by Gasteiger charge is -1.94. The molecule has 0 saturated heterocycles. The molecule has 0 aliphatic carbocycles. The number of hydrogen-bond donors (Lipinski definition) is 2. The van der Waals surface area contributed by atoms with Crippen LogP contribution in [0.15, 0.2) is 9.73 Å². The Hall–Kier alpha value is -1.24. The summed E-state index contributed by atoms with van der Waals surface area (Å²) < 4.78 is 4.49. The smallest absolute Gasteiger partial charge is 0.177 e. The molecule has 7 heteroatoms. The summed E-state index contributed by atoms with van der Waals surface area (Å²) in [6, 6.07) is 0. The monoisotopic (exact) mass is 187 g/mol. The van der Waals surface area contributed by atoms with Gasteiger partial charge in [-0.25, -0.2) is 4.63 Å². The number of nitrogens with zero attached hydrogens (tertiary/aromatic N) is 3. The molecule has 0 spiro atoms. The first kappa shape index (κ1) is 8.85. The summed E-state index contributed by atoms with van der Waals surface area (Å²) in [5.41, 5.74) is 6.86. The van der Waals surface area contributed by atoms with Crippen LogP contribution in [0.5, 0.6) is 0 Å². The Morgan fingerprint density at radius 2 is 2.42 bits per heavy atom. The van der Waals surface area contributed by atoms with Crippen LogP contribution in [0.25, 0.3) is 0 Å². The van der Waals surface area contributed by atoms with Crippen LogP contribution < -0.4 is 11.6 Å². The van der Waals surface area contributed by atoms with E-state index in [1.165, 1.54) is 11.8 Å². The normalized spacial score (nSPS) is 11.9. The predicted octanol–water partition coefficient (Wildman–Crippen LogP) is -0.200. The highest BCUT2D eigenvalue weighted by Crippen LogP contribution is 2.11. The second-order valence-corrected chi connectivity index (χ2v) is 3.05. The summed E-state index contributed by atoms with van der Waals surface area (Å²) >= 11 is 1.29. The maximum Gasteiger partial charge on any atom is 0.177 e. The molecule has 0 fully saturated rings. The molecule has 66 valence electrons. The van der Waals surface area contributed by atoms with E-state index < -0.39 is 0 Å². The van der Waals surface area contributed by atoms with Gasteiger partial charge >= 0.3 is 0 Å². The maximum atomic E-state index is 5.35. The molecule has 4 N–H and O–H groups in total. The standard InChI is InChI=1S/C5H9N5OS/c1-3-4(10-11-9-3)2-12-5(6)8-7/h2,7H2,1H3,(H2,6,8). The van der Waals surface area contributed by atoms with E-state index in [4.69, 9.17) is 11.6 Å². The van der Waals surface area contributed by atoms with Crippen LogP contribution in [0.4, 0.5) is 0 Å². The molecule has 0 radical (unpaired) electrons. The fourth-order valence-corrected chi connectivity index (χ4v) is 1.18. The number of rotatable bonds is 2. The molecular formula is C5H9N5OS. The fraction of sp³-hybridized carbons (Fsp3) is 0.400. The topological polar surface area (TPSA) is 103 Å². The van der Waals surface area contributed by atoms with Gasteiger partial charge in [-0.2, -0.15) is 5.10 Å². The maximum absolute atomic E-state index is 5.35. The number of nitrogens with two attached hydrogens (primary N) is 2. The van der Waals surface area contributed by atoms with Gasteiger partial charge < -0.3 is 11.6 Å². The van der Waals surface area contributed by atoms with Crippen molar-refractivity contribution in [2.24, 2.45) is 16.7 Å². The first-order chi connectivity index (χ1) is 5.74. The van der Waals surface area contributed by atoms with Crippen molar-refractivity contribution in [2.45, 2.75) is 12.7 Å². The van der Waals surface area contributed by atoms with Crippen LogP contribution in [0.3, 0.4) is 0 Å². The quantitative estimate of drug-likeness (QED) is 0.287. The molecule has 1 heterocycles. The molecule has 0 unspecified atom stereocenters. The van der Waals surface area contributed by atoms with Gasteiger partial charge in [-0.05, 0) is 6.92 Å².